The van der Waals surface area contributed by atoms with Crippen LogP contribution in [-0.4, -0.2) is 25.3 Å². The molecule has 0 aromatic heterocycles. The van der Waals surface area contributed by atoms with E-state index in [1.807, 2.05) is 12.1 Å². The number of fused-ring (bicyclic) bond motifs is 1. The van der Waals surface area contributed by atoms with Crippen molar-refractivity contribution in [2.24, 2.45) is 0 Å². The molecule has 1 aliphatic rings. The Hall–Kier alpha value is -1.07. The van der Waals surface area contributed by atoms with Gasteiger partial charge in [0.2, 0.25) is 0 Å². The summed E-state index contributed by atoms with van der Waals surface area (Å²) >= 11 is 0. The van der Waals surface area contributed by atoms with E-state index in [1.54, 1.807) is 6.92 Å². The van der Waals surface area contributed by atoms with Gasteiger partial charge in [0, 0.05) is 31.6 Å². The molecule has 5 heteroatoms. The largest absolute Gasteiger partial charge is 0.390 e. The third-order valence-corrected chi connectivity index (χ3v) is 3.45. The molecule has 1 aromatic carbocycles. The van der Waals surface area contributed by atoms with Crippen LogP contribution in [-0.2, 0) is 6.54 Å². The van der Waals surface area contributed by atoms with E-state index in [-0.39, 0.29) is 5.92 Å². The van der Waals surface area contributed by atoms with E-state index in [1.165, 1.54) is 11.1 Å². The second-order valence-corrected chi connectivity index (χ2v) is 5.16. The lowest BCUT2D eigenvalue weighted by molar-refractivity contribution is -0.139. The maximum absolute atomic E-state index is 12.3. The summed E-state index contributed by atoms with van der Waals surface area (Å²) in [5.74, 6) is 0.237. The number of rotatable bonds is 4. The molecule has 0 spiro atoms. The average molecular weight is 272 g/mol. The summed E-state index contributed by atoms with van der Waals surface area (Å²) in [6.45, 7) is 3.80. The Labute approximate surface area is 111 Å². The number of benzene rings is 1. The van der Waals surface area contributed by atoms with Crippen LogP contribution in [0.4, 0.5) is 13.2 Å². The summed E-state index contributed by atoms with van der Waals surface area (Å²) in [5, 5.41) is 6.29. The van der Waals surface area contributed by atoms with Crippen LogP contribution in [0.2, 0.25) is 0 Å². The molecule has 0 amide bonds. The van der Waals surface area contributed by atoms with E-state index in [2.05, 4.69) is 22.8 Å². The topological polar surface area (TPSA) is 24.1 Å². The van der Waals surface area contributed by atoms with Gasteiger partial charge in [-0.2, -0.15) is 13.2 Å². The van der Waals surface area contributed by atoms with Crippen LogP contribution in [0.3, 0.4) is 0 Å². The smallest absolute Gasteiger partial charge is 0.313 e. The standard InChI is InChI=1S/C14H19F3N2/c1-10(6-14(15,16)17)19-9-12-8-18-7-11-4-2-3-5-13(11)12/h2-5,10,12,18-19H,6-9H2,1H3. The minimum absolute atomic E-state index is 0.237. The molecule has 0 radical (unpaired) electrons. The highest BCUT2D eigenvalue weighted by atomic mass is 19.4. The molecule has 106 valence electrons. The van der Waals surface area contributed by atoms with Gasteiger partial charge in [0.1, 0.15) is 0 Å². The first-order chi connectivity index (χ1) is 8.96. The Morgan fingerprint density at radius 2 is 2.11 bits per heavy atom. The third kappa shape index (κ3) is 4.21. The molecule has 0 saturated heterocycles. The van der Waals surface area contributed by atoms with Crippen molar-refractivity contribution >= 4 is 0 Å². The van der Waals surface area contributed by atoms with Crippen LogP contribution in [0.25, 0.3) is 0 Å². The van der Waals surface area contributed by atoms with Crippen molar-refractivity contribution in [1.29, 1.82) is 0 Å². The van der Waals surface area contributed by atoms with E-state index >= 15 is 0 Å². The van der Waals surface area contributed by atoms with Gasteiger partial charge in [0.25, 0.3) is 0 Å². The molecule has 0 saturated carbocycles. The zero-order valence-electron chi connectivity index (χ0n) is 10.9. The fraction of sp³-hybridized carbons (Fsp3) is 0.571. The van der Waals surface area contributed by atoms with Gasteiger partial charge in [-0.05, 0) is 18.1 Å². The van der Waals surface area contributed by atoms with E-state index in [0.717, 1.165) is 13.1 Å². The summed E-state index contributed by atoms with van der Waals surface area (Å²) < 4.78 is 36.8. The summed E-state index contributed by atoms with van der Waals surface area (Å²) in [7, 11) is 0. The molecule has 2 nitrogen and oxygen atoms in total. The van der Waals surface area contributed by atoms with Crippen LogP contribution in [0.15, 0.2) is 24.3 Å². The fourth-order valence-electron chi connectivity index (χ4n) is 2.53. The Balaban J connectivity index is 1.91. The number of hydrogen-bond acceptors (Lipinski definition) is 2. The Morgan fingerprint density at radius 3 is 2.84 bits per heavy atom. The van der Waals surface area contributed by atoms with Gasteiger partial charge in [-0.1, -0.05) is 24.3 Å². The zero-order chi connectivity index (χ0) is 13.9. The number of halogens is 3. The Kier molecular flexibility index (Phi) is 4.47. The molecule has 0 bridgehead atoms. The Morgan fingerprint density at radius 1 is 1.37 bits per heavy atom. The van der Waals surface area contributed by atoms with Gasteiger partial charge >= 0.3 is 6.18 Å². The SMILES string of the molecule is CC(CC(F)(F)F)NCC1CNCc2ccccc21. The molecule has 2 rings (SSSR count). The average Bonchev–Trinajstić information content (AvgIpc) is 2.34. The first kappa shape index (κ1) is 14.3. The number of nitrogens with one attached hydrogen (secondary N) is 2. The molecule has 19 heavy (non-hydrogen) atoms. The van der Waals surface area contributed by atoms with Gasteiger partial charge in [0.05, 0.1) is 6.42 Å². The predicted molar refractivity (Wildman–Crippen MR) is 69.0 cm³/mol. The van der Waals surface area contributed by atoms with E-state index in [4.69, 9.17) is 0 Å². The lowest BCUT2D eigenvalue weighted by Gasteiger charge is -2.28. The summed E-state index contributed by atoms with van der Waals surface area (Å²) in [6, 6.07) is 7.55. The van der Waals surface area contributed by atoms with Crippen LogP contribution < -0.4 is 10.6 Å². The van der Waals surface area contributed by atoms with E-state index in [0.29, 0.717) is 6.54 Å². The molecule has 2 unspecified atom stereocenters. The highest BCUT2D eigenvalue weighted by Crippen LogP contribution is 2.24. The molecule has 2 N–H and O–H groups in total. The quantitative estimate of drug-likeness (QED) is 0.880. The van der Waals surface area contributed by atoms with Gasteiger partial charge in [-0.3, -0.25) is 0 Å². The van der Waals surface area contributed by atoms with Crippen molar-refractivity contribution < 1.29 is 13.2 Å². The predicted octanol–water partition coefficient (Wildman–Crippen LogP) is 2.80. The minimum atomic E-state index is -4.10. The zero-order valence-corrected chi connectivity index (χ0v) is 10.9. The van der Waals surface area contributed by atoms with Crippen molar-refractivity contribution in [2.75, 3.05) is 13.1 Å². The maximum Gasteiger partial charge on any atom is 0.390 e. The Bertz CT molecular complexity index is 417. The molecular weight excluding hydrogens is 253 g/mol. The monoisotopic (exact) mass is 272 g/mol. The molecule has 0 fully saturated rings. The molecule has 0 aliphatic carbocycles. The number of hydrogen-bond donors (Lipinski definition) is 2. The van der Waals surface area contributed by atoms with Crippen LogP contribution in [0.1, 0.15) is 30.4 Å². The molecular formula is C14H19F3N2. The lowest BCUT2D eigenvalue weighted by atomic mass is 9.90. The number of alkyl halides is 3. The van der Waals surface area contributed by atoms with E-state index < -0.39 is 18.6 Å². The van der Waals surface area contributed by atoms with Crippen molar-refractivity contribution in [1.82, 2.24) is 10.6 Å². The van der Waals surface area contributed by atoms with Crippen molar-refractivity contribution in [3.8, 4) is 0 Å². The van der Waals surface area contributed by atoms with Crippen LogP contribution in [0, 0.1) is 0 Å². The highest BCUT2D eigenvalue weighted by molar-refractivity contribution is 5.32. The maximum atomic E-state index is 12.3. The minimum Gasteiger partial charge on any atom is -0.313 e. The molecule has 2 atom stereocenters. The molecule has 1 heterocycles. The summed E-state index contributed by atoms with van der Waals surface area (Å²) in [5.41, 5.74) is 2.48. The van der Waals surface area contributed by atoms with E-state index in [9.17, 15) is 13.2 Å². The van der Waals surface area contributed by atoms with Crippen LogP contribution in [0.5, 0.6) is 0 Å². The molecule has 1 aromatic rings. The second-order valence-electron chi connectivity index (χ2n) is 5.16. The van der Waals surface area contributed by atoms with Crippen molar-refractivity contribution in [3.05, 3.63) is 35.4 Å². The lowest BCUT2D eigenvalue weighted by Crippen LogP contribution is -2.39. The van der Waals surface area contributed by atoms with Gasteiger partial charge < -0.3 is 10.6 Å². The first-order valence-corrected chi connectivity index (χ1v) is 6.54. The highest BCUT2D eigenvalue weighted by Gasteiger charge is 2.30. The van der Waals surface area contributed by atoms with Crippen molar-refractivity contribution in [3.63, 3.8) is 0 Å². The first-order valence-electron chi connectivity index (χ1n) is 6.54. The fourth-order valence-corrected chi connectivity index (χ4v) is 2.53. The molecule has 1 aliphatic heterocycles. The summed E-state index contributed by atoms with van der Waals surface area (Å²) in [4.78, 5) is 0. The van der Waals surface area contributed by atoms with Crippen molar-refractivity contribution in [2.45, 2.75) is 38.0 Å². The van der Waals surface area contributed by atoms with Gasteiger partial charge in [-0.25, -0.2) is 0 Å². The normalized spacial score (nSPS) is 20.9. The summed E-state index contributed by atoms with van der Waals surface area (Å²) in [6.07, 6.45) is -4.88. The van der Waals surface area contributed by atoms with Gasteiger partial charge in [-0.15, -0.1) is 0 Å². The third-order valence-electron chi connectivity index (χ3n) is 3.45. The van der Waals surface area contributed by atoms with Crippen LogP contribution >= 0.6 is 0 Å². The van der Waals surface area contributed by atoms with Gasteiger partial charge in [0.15, 0.2) is 0 Å². The second kappa shape index (κ2) is 5.92.